The molecule has 0 unspecified atom stereocenters. The highest BCUT2D eigenvalue weighted by Gasteiger charge is 1.99. The highest BCUT2D eigenvalue weighted by molar-refractivity contribution is 6.30. The van der Waals surface area contributed by atoms with Crippen molar-refractivity contribution in [2.75, 3.05) is 0 Å². The third-order valence-corrected chi connectivity index (χ3v) is 1.32. The molecule has 1 nitrogen and oxygen atoms in total. The fourth-order valence-corrected chi connectivity index (χ4v) is 0.756. The fourth-order valence-electron chi connectivity index (χ4n) is 0.597. The van der Waals surface area contributed by atoms with Gasteiger partial charge in [-0.25, -0.2) is 4.39 Å². The Hall–Kier alpha value is -0.890. The molecule has 0 radical (unpaired) electrons. The van der Waals surface area contributed by atoms with Gasteiger partial charge in [0, 0.05) is 5.02 Å². The molecule has 0 saturated heterocycles. The molecule has 52 valence electrons. The fraction of sp³-hybridized carbons (Fsp3) is 0. The molecule has 1 aromatic rings. The molecule has 0 aromatic heterocycles. The average molecular weight is 158 g/mol. The summed E-state index contributed by atoms with van der Waals surface area (Å²) in [7, 11) is 0. The van der Waals surface area contributed by atoms with Crippen molar-refractivity contribution in [1.82, 2.24) is 0 Å². The Bertz CT molecular complexity index is 260. The van der Waals surface area contributed by atoms with Crippen LogP contribution in [0, 0.1) is 5.82 Å². The number of rotatable bonds is 1. The van der Waals surface area contributed by atoms with Crippen molar-refractivity contribution in [3.05, 3.63) is 34.6 Å². The zero-order valence-corrected chi connectivity index (χ0v) is 5.73. The van der Waals surface area contributed by atoms with Crippen LogP contribution < -0.4 is 0 Å². The molecule has 0 N–H and O–H groups in total. The maximum Gasteiger partial charge on any atom is 0.152 e. The van der Waals surface area contributed by atoms with Crippen molar-refractivity contribution in [3.63, 3.8) is 0 Å². The first-order valence-electron chi connectivity index (χ1n) is 2.64. The van der Waals surface area contributed by atoms with Gasteiger partial charge in [0.15, 0.2) is 6.29 Å². The lowest BCUT2D eigenvalue weighted by molar-refractivity contribution is 0.112. The Balaban J connectivity index is 3.19. The maximum atomic E-state index is 12.5. The summed E-state index contributed by atoms with van der Waals surface area (Å²) in [5.74, 6) is -0.581. The summed E-state index contributed by atoms with van der Waals surface area (Å²) >= 11 is 5.42. The maximum absolute atomic E-state index is 12.5. The van der Waals surface area contributed by atoms with Crippen LogP contribution in [0.15, 0.2) is 18.2 Å². The van der Waals surface area contributed by atoms with Gasteiger partial charge >= 0.3 is 0 Å². The van der Waals surface area contributed by atoms with E-state index in [9.17, 15) is 9.18 Å². The summed E-state index contributed by atoms with van der Waals surface area (Å²) in [6, 6.07) is 3.91. The lowest BCUT2D eigenvalue weighted by atomic mass is 10.2. The predicted octanol–water partition coefficient (Wildman–Crippen LogP) is 2.29. The van der Waals surface area contributed by atoms with Crippen molar-refractivity contribution in [2.45, 2.75) is 0 Å². The van der Waals surface area contributed by atoms with Gasteiger partial charge in [-0.2, -0.15) is 0 Å². The van der Waals surface area contributed by atoms with Crippen molar-refractivity contribution < 1.29 is 9.18 Å². The van der Waals surface area contributed by atoms with Crippen LogP contribution in [-0.4, -0.2) is 6.29 Å². The van der Waals surface area contributed by atoms with Gasteiger partial charge in [0.2, 0.25) is 0 Å². The number of hydrogen-bond acceptors (Lipinski definition) is 1. The number of carbonyl (C=O) groups excluding carboxylic acids is 1. The lowest BCUT2D eigenvalue weighted by Crippen LogP contribution is -1.85. The number of aldehydes is 1. The highest BCUT2D eigenvalue weighted by atomic mass is 35.5. The molecule has 0 bridgehead atoms. The third-order valence-electron chi connectivity index (χ3n) is 1.09. The Morgan fingerprint density at radius 1 is 1.50 bits per heavy atom. The van der Waals surface area contributed by atoms with Crippen LogP contribution in [-0.2, 0) is 0 Å². The second-order valence-electron chi connectivity index (χ2n) is 1.78. The van der Waals surface area contributed by atoms with E-state index in [1.54, 1.807) is 0 Å². The van der Waals surface area contributed by atoms with Crippen LogP contribution in [0.2, 0.25) is 5.02 Å². The molecule has 0 amide bonds. The Kier molecular flexibility index (Phi) is 2.02. The van der Waals surface area contributed by atoms with Crippen LogP contribution in [0.1, 0.15) is 10.4 Å². The summed E-state index contributed by atoms with van der Waals surface area (Å²) in [4.78, 5) is 10.1. The monoisotopic (exact) mass is 157 g/mol. The van der Waals surface area contributed by atoms with E-state index in [1.165, 1.54) is 12.1 Å². The van der Waals surface area contributed by atoms with Gasteiger partial charge in [-0.3, -0.25) is 4.79 Å². The minimum atomic E-state index is -0.581. The first-order valence-corrected chi connectivity index (χ1v) is 3.02. The van der Waals surface area contributed by atoms with Crippen molar-refractivity contribution in [2.24, 2.45) is 0 Å². The minimum absolute atomic E-state index is 0.0319. The normalized spacial score (nSPS) is 9.40. The van der Waals surface area contributed by atoms with Gasteiger partial charge in [-0.1, -0.05) is 11.6 Å². The Morgan fingerprint density at radius 2 is 2.20 bits per heavy atom. The number of carbonyl (C=O) groups is 1. The largest absolute Gasteiger partial charge is 0.298 e. The predicted molar refractivity (Wildman–Crippen MR) is 36.8 cm³/mol. The molecule has 10 heavy (non-hydrogen) atoms. The summed E-state index contributed by atoms with van der Waals surface area (Å²) in [5.41, 5.74) is 0.0319. The van der Waals surface area contributed by atoms with Crippen LogP contribution in [0.4, 0.5) is 4.39 Å². The van der Waals surface area contributed by atoms with Gasteiger partial charge in [0.25, 0.3) is 0 Å². The summed E-state index contributed by atoms with van der Waals surface area (Å²) in [6.45, 7) is 0. The molecule has 0 fully saturated rings. The van der Waals surface area contributed by atoms with Crippen molar-refractivity contribution >= 4 is 17.9 Å². The van der Waals surface area contributed by atoms with Gasteiger partial charge in [-0.15, -0.1) is 0 Å². The zero-order valence-electron chi connectivity index (χ0n) is 4.97. The standard InChI is InChI=1S/C7H4ClFO/c8-6-2-1-5(4-10)7(9)3-6/h1-4H/i9-1. The van der Waals surface area contributed by atoms with Crippen LogP contribution in [0.25, 0.3) is 0 Å². The molecule has 1 aromatic carbocycles. The van der Waals surface area contributed by atoms with E-state index in [0.29, 0.717) is 11.3 Å². The molecular weight excluding hydrogens is 154 g/mol. The Labute approximate surface area is 62.4 Å². The molecular formula is C7H4ClFO. The van der Waals surface area contributed by atoms with E-state index in [4.69, 9.17) is 11.6 Å². The molecule has 3 heteroatoms. The third kappa shape index (κ3) is 1.33. The number of halogens is 2. The van der Waals surface area contributed by atoms with Crippen LogP contribution >= 0.6 is 11.6 Å². The van der Waals surface area contributed by atoms with E-state index in [1.807, 2.05) is 0 Å². The van der Waals surface area contributed by atoms with E-state index in [2.05, 4.69) is 0 Å². The van der Waals surface area contributed by atoms with Crippen molar-refractivity contribution in [1.29, 1.82) is 0 Å². The highest BCUT2D eigenvalue weighted by Crippen LogP contribution is 2.12. The molecule has 0 spiro atoms. The zero-order chi connectivity index (χ0) is 7.56. The first-order chi connectivity index (χ1) is 4.74. The second kappa shape index (κ2) is 2.80. The van der Waals surface area contributed by atoms with Crippen LogP contribution in [0.3, 0.4) is 0 Å². The second-order valence-corrected chi connectivity index (χ2v) is 2.22. The Morgan fingerprint density at radius 3 is 2.70 bits per heavy atom. The quantitative estimate of drug-likeness (QED) is 0.572. The molecule has 0 aliphatic rings. The summed E-state index contributed by atoms with van der Waals surface area (Å²) in [5, 5.41) is 0.295. The van der Waals surface area contributed by atoms with Gasteiger partial charge < -0.3 is 0 Å². The minimum Gasteiger partial charge on any atom is -0.298 e. The molecule has 0 saturated carbocycles. The van der Waals surface area contributed by atoms with Crippen molar-refractivity contribution in [3.8, 4) is 0 Å². The van der Waals surface area contributed by atoms with Crippen LogP contribution in [0.5, 0.6) is 0 Å². The smallest absolute Gasteiger partial charge is 0.152 e. The lowest BCUT2D eigenvalue weighted by Gasteiger charge is -1.92. The SMILES string of the molecule is O=Cc1ccc(Cl)cc1[18F]. The van der Waals surface area contributed by atoms with Gasteiger partial charge in [-0.05, 0) is 18.2 Å². The molecule has 0 atom stereocenters. The molecule has 0 heterocycles. The summed E-state index contributed by atoms with van der Waals surface area (Å²) < 4.78 is 12.5. The topological polar surface area (TPSA) is 17.1 Å². The molecule has 0 aliphatic heterocycles. The average Bonchev–Trinajstić information content (AvgIpc) is 1.88. The molecule has 1 rings (SSSR count). The van der Waals surface area contributed by atoms with Gasteiger partial charge in [0.05, 0.1) is 5.56 Å². The van der Waals surface area contributed by atoms with E-state index < -0.39 is 5.82 Å². The van der Waals surface area contributed by atoms with E-state index in [0.717, 1.165) is 6.07 Å². The number of hydrogen-bond donors (Lipinski definition) is 0. The molecule has 0 aliphatic carbocycles. The number of benzene rings is 1. The summed E-state index contributed by atoms with van der Waals surface area (Å²) in [6.07, 6.45) is 0.450. The van der Waals surface area contributed by atoms with Gasteiger partial charge in [0.1, 0.15) is 5.82 Å². The van der Waals surface area contributed by atoms with E-state index >= 15 is 0 Å². The first kappa shape index (κ1) is 7.22. The van der Waals surface area contributed by atoms with E-state index in [-0.39, 0.29) is 5.56 Å².